The third kappa shape index (κ3) is 2.57. The highest BCUT2D eigenvalue weighted by Gasteiger charge is 2.34. The Morgan fingerprint density at radius 1 is 1.28 bits per heavy atom. The van der Waals surface area contributed by atoms with Crippen LogP contribution in [-0.4, -0.2) is 37.7 Å². The molecular formula is C13H18FNO2S. The van der Waals surface area contributed by atoms with Crippen LogP contribution in [-0.2, 0) is 9.84 Å². The molecule has 1 unspecified atom stereocenters. The third-order valence-corrected chi connectivity index (χ3v) is 5.68. The SMILES string of the molecule is CC(C)N1CCC(S(=O)(=O)c2ccc(F)cc2)C1. The zero-order valence-electron chi connectivity index (χ0n) is 10.6. The molecule has 0 aromatic heterocycles. The van der Waals surface area contributed by atoms with Gasteiger partial charge in [-0.1, -0.05) is 0 Å². The van der Waals surface area contributed by atoms with E-state index < -0.39 is 15.7 Å². The lowest BCUT2D eigenvalue weighted by Gasteiger charge is -2.20. The molecule has 0 aliphatic carbocycles. The number of sulfone groups is 1. The van der Waals surface area contributed by atoms with Crippen LogP contribution in [0, 0.1) is 5.82 Å². The predicted octanol–water partition coefficient (Wildman–Crippen LogP) is 2.08. The van der Waals surface area contributed by atoms with E-state index in [1.165, 1.54) is 24.3 Å². The van der Waals surface area contributed by atoms with Crippen molar-refractivity contribution in [2.45, 2.75) is 36.5 Å². The maximum atomic E-state index is 12.8. The molecular weight excluding hydrogens is 253 g/mol. The zero-order chi connectivity index (χ0) is 13.3. The molecule has 1 saturated heterocycles. The average Bonchev–Trinajstić information content (AvgIpc) is 2.79. The van der Waals surface area contributed by atoms with Gasteiger partial charge in [0.1, 0.15) is 5.82 Å². The number of benzene rings is 1. The molecule has 0 saturated carbocycles. The van der Waals surface area contributed by atoms with Crippen molar-refractivity contribution in [1.82, 2.24) is 4.90 Å². The van der Waals surface area contributed by atoms with Crippen molar-refractivity contribution in [2.24, 2.45) is 0 Å². The minimum Gasteiger partial charge on any atom is -0.300 e. The maximum Gasteiger partial charge on any atom is 0.182 e. The van der Waals surface area contributed by atoms with Crippen molar-refractivity contribution in [2.75, 3.05) is 13.1 Å². The van der Waals surface area contributed by atoms with Gasteiger partial charge in [0.2, 0.25) is 0 Å². The highest BCUT2D eigenvalue weighted by molar-refractivity contribution is 7.92. The molecule has 1 atom stereocenters. The molecule has 1 aromatic rings. The van der Waals surface area contributed by atoms with Gasteiger partial charge in [-0.25, -0.2) is 12.8 Å². The van der Waals surface area contributed by atoms with Crippen molar-refractivity contribution in [3.8, 4) is 0 Å². The Morgan fingerprint density at radius 3 is 2.39 bits per heavy atom. The van der Waals surface area contributed by atoms with Gasteiger partial charge in [0.05, 0.1) is 10.1 Å². The van der Waals surface area contributed by atoms with Crippen LogP contribution >= 0.6 is 0 Å². The van der Waals surface area contributed by atoms with E-state index in [0.717, 1.165) is 6.54 Å². The quantitative estimate of drug-likeness (QED) is 0.790. The highest BCUT2D eigenvalue weighted by Crippen LogP contribution is 2.25. The fraction of sp³-hybridized carbons (Fsp3) is 0.538. The average molecular weight is 271 g/mol. The second-order valence-corrected chi connectivity index (χ2v) is 7.23. The molecule has 0 N–H and O–H groups in total. The minimum absolute atomic E-state index is 0.222. The second kappa shape index (κ2) is 4.97. The molecule has 1 aliphatic rings. The Kier molecular flexibility index (Phi) is 3.73. The van der Waals surface area contributed by atoms with Gasteiger partial charge in [-0.2, -0.15) is 0 Å². The Labute approximate surface area is 108 Å². The molecule has 1 heterocycles. The van der Waals surface area contributed by atoms with E-state index in [0.29, 0.717) is 19.0 Å². The largest absolute Gasteiger partial charge is 0.300 e. The highest BCUT2D eigenvalue weighted by atomic mass is 32.2. The van der Waals surface area contributed by atoms with Crippen LogP contribution in [0.25, 0.3) is 0 Å². The van der Waals surface area contributed by atoms with Gasteiger partial charge in [-0.3, -0.25) is 4.90 Å². The van der Waals surface area contributed by atoms with Gasteiger partial charge < -0.3 is 0 Å². The Balaban J connectivity index is 2.20. The molecule has 0 radical (unpaired) electrons. The lowest BCUT2D eigenvalue weighted by atomic mass is 10.3. The minimum atomic E-state index is -3.33. The van der Waals surface area contributed by atoms with E-state index >= 15 is 0 Å². The Hall–Kier alpha value is -0.940. The van der Waals surface area contributed by atoms with Crippen molar-refractivity contribution >= 4 is 9.84 Å². The summed E-state index contributed by atoms with van der Waals surface area (Å²) in [4.78, 5) is 2.38. The van der Waals surface area contributed by atoms with Gasteiger partial charge in [-0.05, 0) is 51.1 Å². The topological polar surface area (TPSA) is 37.4 Å². The summed E-state index contributed by atoms with van der Waals surface area (Å²) in [5.74, 6) is -0.413. The molecule has 1 fully saturated rings. The van der Waals surface area contributed by atoms with E-state index in [4.69, 9.17) is 0 Å². The summed E-state index contributed by atoms with van der Waals surface area (Å²) in [7, 11) is -3.33. The van der Waals surface area contributed by atoms with Crippen molar-refractivity contribution in [3.05, 3.63) is 30.1 Å². The van der Waals surface area contributed by atoms with Crippen LogP contribution in [0.15, 0.2) is 29.2 Å². The fourth-order valence-electron chi connectivity index (χ4n) is 2.29. The van der Waals surface area contributed by atoms with Crippen molar-refractivity contribution in [1.29, 1.82) is 0 Å². The van der Waals surface area contributed by atoms with E-state index in [1.807, 2.05) is 0 Å². The molecule has 1 aliphatic heterocycles. The molecule has 0 bridgehead atoms. The number of halogens is 1. The molecule has 3 nitrogen and oxygen atoms in total. The summed E-state index contributed by atoms with van der Waals surface area (Å²) >= 11 is 0. The number of hydrogen-bond acceptors (Lipinski definition) is 3. The maximum absolute atomic E-state index is 12.8. The number of rotatable bonds is 3. The fourth-order valence-corrected chi connectivity index (χ4v) is 4.00. The van der Waals surface area contributed by atoms with Crippen molar-refractivity contribution in [3.63, 3.8) is 0 Å². The van der Waals surface area contributed by atoms with Crippen LogP contribution in [0.3, 0.4) is 0 Å². The Bertz CT molecular complexity index is 510. The van der Waals surface area contributed by atoms with E-state index in [-0.39, 0.29) is 10.1 Å². The summed E-state index contributed by atoms with van der Waals surface area (Å²) in [6, 6.07) is 5.45. The van der Waals surface area contributed by atoms with Crippen LogP contribution < -0.4 is 0 Å². The van der Waals surface area contributed by atoms with Crippen LogP contribution in [0.1, 0.15) is 20.3 Å². The van der Waals surface area contributed by atoms with Crippen LogP contribution in [0.4, 0.5) is 4.39 Å². The van der Waals surface area contributed by atoms with Gasteiger partial charge in [0.25, 0.3) is 0 Å². The third-order valence-electron chi connectivity index (χ3n) is 3.49. The first-order chi connectivity index (χ1) is 8.41. The van der Waals surface area contributed by atoms with E-state index in [1.54, 1.807) is 0 Å². The molecule has 0 amide bonds. The summed E-state index contributed by atoms with van der Waals surface area (Å²) in [6.07, 6.45) is 0.651. The molecule has 2 rings (SSSR count). The van der Waals surface area contributed by atoms with E-state index in [2.05, 4.69) is 18.7 Å². The number of likely N-dealkylation sites (tertiary alicyclic amines) is 1. The van der Waals surface area contributed by atoms with Gasteiger partial charge >= 0.3 is 0 Å². The first kappa shape index (κ1) is 13.5. The molecule has 0 spiro atoms. The molecule has 1 aromatic carbocycles. The van der Waals surface area contributed by atoms with Gasteiger partial charge in [-0.15, -0.1) is 0 Å². The van der Waals surface area contributed by atoms with E-state index in [9.17, 15) is 12.8 Å². The molecule has 5 heteroatoms. The molecule has 100 valence electrons. The van der Waals surface area contributed by atoms with Crippen molar-refractivity contribution < 1.29 is 12.8 Å². The first-order valence-electron chi connectivity index (χ1n) is 6.15. The van der Waals surface area contributed by atoms with Gasteiger partial charge in [0, 0.05) is 12.6 Å². The van der Waals surface area contributed by atoms with Gasteiger partial charge in [0.15, 0.2) is 9.84 Å². The second-order valence-electron chi connectivity index (χ2n) is 5.00. The number of hydrogen-bond donors (Lipinski definition) is 0. The predicted molar refractivity (Wildman–Crippen MR) is 68.7 cm³/mol. The van der Waals surface area contributed by atoms with Crippen LogP contribution in [0.5, 0.6) is 0 Å². The summed E-state index contributed by atoms with van der Waals surface area (Å²) < 4.78 is 37.5. The summed E-state index contributed by atoms with van der Waals surface area (Å²) in [5, 5.41) is -0.370. The lowest BCUT2D eigenvalue weighted by Crippen LogP contribution is -2.31. The molecule has 18 heavy (non-hydrogen) atoms. The first-order valence-corrected chi connectivity index (χ1v) is 7.69. The van der Waals surface area contributed by atoms with Crippen LogP contribution in [0.2, 0.25) is 0 Å². The smallest absolute Gasteiger partial charge is 0.182 e. The standard InChI is InChI=1S/C13H18FNO2S/c1-10(2)15-8-7-13(9-15)18(16,17)12-5-3-11(14)4-6-12/h3-6,10,13H,7-9H2,1-2H3. The summed E-state index contributed by atoms with van der Waals surface area (Å²) in [5.41, 5.74) is 0. The normalized spacial score (nSPS) is 21.7. The summed E-state index contributed by atoms with van der Waals surface area (Å²) in [6.45, 7) is 5.50. The number of nitrogens with zero attached hydrogens (tertiary/aromatic N) is 1. The lowest BCUT2D eigenvalue weighted by molar-refractivity contribution is 0.276. The Morgan fingerprint density at radius 2 is 1.89 bits per heavy atom. The monoisotopic (exact) mass is 271 g/mol. The zero-order valence-corrected chi connectivity index (χ0v) is 11.5.